The van der Waals surface area contributed by atoms with Crippen molar-refractivity contribution in [1.29, 1.82) is 0 Å². The average Bonchev–Trinajstić information content (AvgIpc) is 3.01. The van der Waals surface area contributed by atoms with Crippen LogP contribution in [0.1, 0.15) is 55.6 Å². The number of nitrogens with zero attached hydrogens (tertiary/aromatic N) is 2. The summed E-state index contributed by atoms with van der Waals surface area (Å²) in [6.45, 7) is 8.06. The highest BCUT2D eigenvalue weighted by atomic mass is 15.2. The molecule has 4 aliphatic rings. The van der Waals surface area contributed by atoms with Gasteiger partial charge in [-0.3, -0.25) is 0 Å². The molecule has 0 unspecified atom stereocenters. The lowest BCUT2D eigenvalue weighted by molar-refractivity contribution is 0.294. The van der Waals surface area contributed by atoms with E-state index < -0.39 is 0 Å². The van der Waals surface area contributed by atoms with Crippen LogP contribution in [0.3, 0.4) is 0 Å². The summed E-state index contributed by atoms with van der Waals surface area (Å²) in [5.74, 6) is 3.81. The van der Waals surface area contributed by atoms with Crippen molar-refractivity contribution >= 4 is 0 Å². The van der Waals surface area contributed by atoms with Crippen molar-refractivity contribution in [3.63, 3.8) is 0 Å². The molecule has 0 amide bonds. The predicted octanol–water partition coefficient (Wildman–Crippen LogP) is 4.16. The zero-order chi connectivity index (χ0) is 16.6. The zero-order valence-electron chi connectivity index (χ0n) is 15.7. The molecule has 0 spiro atoms. The molecule has 2 saturated carbocycles. The Hall–Kier alpha value is -0.860. The van der Waals surface area contributed by atoms with Gasteiger partial charge in [-0.05, 0) is 92.8 Å². The van der Waals surface area contributed by atoms with Gasteiger partial charge in [-0.15, -0.1) is 0 Å². The molecule has 0 radical (unpaired) electrons. The van der Waals surface area contributed by atoms with Crippen LogP contribution in [0.2, 0.25) is 0 Å². The van der Waals surface area contributed by atoms with E-state index in [1.165, 1.54) is 89.8 Å². The molecule has 136 valence electrons. The Morgan fingerprint density at radius 1 is 0.840 bits per heavy atom. The van der Waals surface area contributed by atoms with Gasteiger partial charge >= 0.3 is 0 Å². The van der Waals surface area contributed by atoms with Gasteiger partial charge in [0.25, 0.3) is 0 Å². The fraction of sp³-hybridized carbons (Fsp3) is 0.739. The summed E-state index contributed by atoms with van der Waals surface area (Å²) in [6.07, 6.45) is 9.92. The van der Waals surface area contributed by atoms with Crippen molar-refractivity contribution in [2.24, 2.45) is 17.8 Å². The van der Waals surface area contributed by atoms with E-state index in [0.29, 0.717) is 0 Å². The normalized spacial score (nSPS) is 33.2. The van der Waals surface area contributed by atoms with Gasteiger partial charge in [-0.2, -0.15) is 0 Å². The summed E-state index contributed by atoms with van der Waals surface area (Å²) in [6, 6.07) is 9.79. The standard InChI is InChI=1S/C23H34N2/c1-2-13-24(12-1)14-11-18-5-7-20(8-6-18)22-10-9-21-16-25(17-23(21)22)15-19-3-4-19/h5-8,19,21-23H,1-4,9-17H2/t21-,22+,23+/m1/s1. The van der Waals surface area contributed by atoms with Crippen LogP contribution in [0.15, 0.2) is 24.3 Å². The molecule has 2 aliphatic carbocycles. The van der Waals surface area contributed by atoms with Crippen molar-refractivity contribution < 1.29 is 0 Å². The van der Waals surface area contributed by atoms with Crippen LogP contribution in [0.5, 0.6) is 0 Å². The first-order chi connectivity index (χ1) is 12.3. The molecule has 2 aliphatic heterocycles. The van der Waals surface area contributed by atoms with Crippen LogP contribution in [0.25, 0.3) is 0 Å². The minimum Gasteiger partial charge on any atom is -0.303 e. The van der Waals surface area contributed by atoms with E-state index >= 15 is 0 Å². The number of hydrogen-bond donors (Lipinski definition) is 0. The highest BCUT2D eigenvalue weighted by Gasteiger charge is 2.43. The highest BCUT2D eigenvalue weighted by Crippen LogP contribution is 2.48. The van der Waals surface area contributed by atoms with Gasteiger partial charge in [0.1, 0.15) is 0 Å². The van der Waals surface area contributed by atoms with Crippen molar-refractivity contribution in [3.05, 3.63) is 35.4 Å². The largest absolute Gasteiger partial charge is 0.303 e. The second-order valence-electron chi connectivity index (χ2n) is 9.31. The quantitative estimate of drug-likeness (QED) is 0.768. The summed E-state index contributed by atoms with van der Waals surface area (Å²) in [7, 11) is 0. The van der Waals surface area contributed by atoms with Gasteiger partial charge in [-0.25, -0.2) is 0 Å². The molecule has 0 N–H and O–H groups in total. The minimum atomic E-state index is 0.835. The molecular formula is C23H34N2. The van der Waals surface area contributed by atoms with E-state index in [9.17, 15) is 0 Å². The molecule has 2 heterocycles. The Morgan fingerprint density at radius 3 is 2.40 bits per heavy atom. The van der Waals surface area contributed by atoms with Crippen LogP contribution < -0.4 is 0 Å². The Bertz CT molecular complexity index is 570. The van der Waals surface area contributed by atoms with Gasteiger partial charge in [0.15, 0.2) is 0 Å². The SMILES string of the molecule is c1cc([C@@H]2CC[C@@H]3CN(CC4CC4)C[C@@H]32)ccc1CCN1CCCC1. The van der Waals surface area contributed by atoms with Gasteiger partial charge in [0, 0.05) is 26.2 Å². The molecule has 2 heteroatoms. The van der Waals surface area contributed by atoms with Gasteiger partial charge in [-0.1, -0.05) is 24.3 Å². The van der Waals surface area contributed by atoms with Crippen LogP contribution in [-0.4, -0.2) is 49.1 Å². The molecule has 1 aromatic rings. The molecule has 2 nitrogen and oxygen atoms in total. The molecule has 4 fully saturated rings. The molecular weight excluding hydrogens is 304 g/mol. The Balaban J connectivity index is 1.18. The Labute approximate surface area is 153 Å². The maximum absolute atomic E-state index is 2.80. The molecule has 3 atom stereocenters. The van der Waals surface area contributed by atoms with Crippen LogP contribution >= 0.6 is 0 Å². The van der Waals surface area contributed by atoms with Crippen LogP contribution in [0.4, 0.5) is 0 Å². The van der Waals surface area contributed by atoms with Crippen LogP contribution in [0, 0.1) is 17.8 Å². The summed E-state index contributed by atoms with van der Waals surface area (Å²) >= 11 is 0. The fourth-order valence-electron chi connectivity index (χ4n) is 5.81. The van der Waals surface area contributed by atoms with Gasteiger partial charge < -0.3 is 9.80 Å². The maximum Gasteiger partial charge on any atom is 0.00218 e. The lowest BCUT2D eigenvalue weighted by Gasteiger charge is -2.21. The van der Waals surface area contributed by atoms with E-state index in [1.54, 1.807) is 5.56 Å². The first kappa shape index (κ1) is 16.3. The first-order valence-corrected chi connectivity index (χ1v) is 10.9. The Kier molecular flexibility index (Phi) is 4.60. The second kappa shape index (κ2) is 7.04. The van der Waals surface area contributed by atoms with E-state index in [0.717, 1.165) is 23.7 Å². The number of benzene rings is 1. The number of fused-ring (bicyclic) bond motifs is 1. The van der Waals surface area contributed by atoms with Crippen molar-refractivity contribution in [2.75, 3.05) is 39.3 Å². The summed E-state index contributed by atoms with van der Waals surface area (Å²) in [4.78, 5) is 5.42. The van der Waals surface area contributed by atoms with Gasteiger partial charge in [0.2, 0.25) is 0 Å². The maximum atomic E-state index is 2.80. The van der Waals surface area contributed by atoms with Crippen molar-refractivity contribution in [3.8, 4) is 0 Å². The number of likely N-dealkylation sites (tertiary alicyclic amines) is 2. The summed E-state index contributed by atoms with van der Waals surface area (Å²) < 4.78 is 0. The molecule has 1 aromatic carbocycles. The molecule has 2 saturated heterocycles. The zero-order valence-corrected chi connectivity index (χ0v) is 15.7. The lowest BCUT2D eigenvalue weighted by atomic mass is 9.86. The molecule has 5 rings (SSSR count). The topological polar surface area (TPSA) is 6.48 Å². The van der Waals surface area contributed by atoms with E-state index in [2.05, 4.69) is 34.1 Å². The lowest BCUT2D eigenvalue weighted by Crippen LogP contribution is -2.25. The van der Waals surface area contributed by atoms with Crippen molar-refractivity contribution in [1.82, 2.24) is 9.80 Å². The fourth-order valence-corrected chi connectivity index (χ4v) is 5.81. The molecule has 0 bridgehead atoms. The third kappa shape index (κ3) is 3.66. The Morgan fingerprint density at radius 2 is 1.64 bits per heavy atom. The third-order valence-corrected chi connectivity index (χ3v) is 7.47. The number of rotatable bonds is 6. The second-order valence-corrected chi connectivity index (χ2v) is 9.31. The van der Waals surface area contributed by atoms with Crippen LogP contribution in [-0.2, 0) is 6.42 Å². The van der Waals surface area contributed by atoms with E-state index in [1.807, 2.05) is 0 Å². The monoisotopic (exact) mass is 338 g/mol. The van der Waals surface area contributed by atoms with E-state index in [4.69, 9.17) is 0 Å². The average molecular weight is 339 g/mol. The smallest absolute Gasteiger partial charge is 0.00218 e. The summed E-state index contributed by atoms with van der Waals surface area (Å²) in [5.41, 5.74) is 3.16. The van der Waals surface area contributed by atoms with E-state index in [-0.39, 0.29) is 0 Å². The summed E-state index contributed by atoms with van der Waals surface area (Å²) in [5, 5.41) is 0. The number of hydrogen-bond acceptors (Lipinski definition) is 2. The first-order valence-electron chi connectivity index (χ1n) is 10.9. The molecule has 0 aromatic heterocycles. The predicted molar refractivity (Wildman–Crippen MR) is 104 cm³/mol. The minimum absolute atomic E-state index is 0.835. The third-order valence-electron chi connectivity index (χ3n) is 7.47. The molecule has 25 heavy (non-hydrogen) atoms. The van der Waals surface area contributed by atoms with Crippen molar-refractivity contribution in [2.45, 2.75) is 50.9 Å². The van der Waals surface area contributed by atoms with Gasteiger partial charge in [0.05, 0.1) is 0 Å². The highest BCUT2D eigenvalue weighted by molar-refractivity contribution is 5.28.